The Labute approximate surface area is 132 Å². The molecular formula is C13H17ClN4O2S. The first-order chi connectivity index (χ1) is 9.72. The molecule has 1 unspecified atom stereocenters. The molecule has 2 heterocycles. The normalized spacial score (nSPS) is 18.4. The van der Waals surface area contributed by atoms with Gasteiger partial charge in [-0.3, -0.25) is 10.1 Å². The van der Waals surface area contributed by atoms with Crippen molar-refractivity contribution in [2.75, 3.05) is 18.8 Å². The summed E-state index contributed by atoms with van der Waals surface area (Å²) in [6.07, 6.45) is 2.49. The number of nitrogens with one attached hydrogen (secondary N) is 2. The fourth-order valence-corrected chi connectivity index (χ4v) is 3.44. The molecule has 0 spiro atoms. The van der Waals surface area contributed by atoms with E-state index in [9.17, 15) is 10.1 Å². The van der Waals surface area contributed by atoms with E-state index in [0.29, 0.717) is 5.92 Å². The predicted octanol–water partition coefficient (Wildman–Crippen LogP) is 2.98. The quantitative estimate of drug-likeness (QED) is 0.512. The van der Waals surface area contributed by atoms with Crippen molar-refractivity contribution in [3.05, 3.63) is 28.3 Å². The number of aromatic amines is 1. The molecule has 1 aromatic carbocycles. The first-order valence-electron chi connectivity index (χ1n) is 6.70. The number of piperidine rings is 1. The number of nitrogens with zero attached hydrogens (tertiary/aromatic N) is 2. The summed E-state index contributed by atoms with van der Waals surface area (Å²) in [6, 6.07) is 4.72. The lowest BCUT2D eigenvalue weighted by molar-refractivity contribution is -0.384. The zero-order valence-corrected chi connectivity index (χ0v) is 13.0. The van der Waals surface area contributed by atoms with Gasteiger partial charge in [-0.1, -0.05) is 11.8 Å². The summed E-state index contributed by atoms with van der Waals surface area (Å²) in [5.74, 6) is 1.70. The molecule has 0 saturated carbocycles. The van der Waals surface area contributed by atoms with Crippen LogP contribution in [0.4, 0.5) is 5.69 Å². The van der Waals surface area contributed by atoms with Crippen molar-refractivity contribution in [1.29, 1.82) is 0 Å². The number of benzene rings is 1. The molecule has 0 amide bonds. The summed E-state index contributed by atoms with van der Waals surface area (Å²) < 4.78 is 0. The Kier molecular flexibility index (Phi) is 5.44. The number of rotatable bonds is 4. The van der Waals surface area contributed by atoms with E-state index in [0.717, 1.165) is 35.0 Å². The average Bonchev–Trinajstić information content (AvgIpc) is 2.88. The lowest BCUT2D eigenvalue weighted by atomic mass is 10.0. The summed E-state index contributed by atoms with van der Waals surface area (Å²) in [5.41, 5.74) is 1.59. The van der Waals surface area contributed by atoms with E-state index >= 15 is 0 Å². The molecule has 1 atom stereocenters. The number of fused-ring (bicyclic) bond motifs is 1. The maximum atomic E-state index is 10.7. The Morgan fingerprint density at radius 1 is 1.48 bits per heavy atom. The molecule has 114 valence electrons. The van der Waals surface area contributed by atoms with E-state index in [1.54, 1.807) is 17.8 Å². The van der Waals surface area contributed by atoms with Gasteiger partial charge in [0, 0.05) is 17.9 Å². The van der Waals surface area contributed by atoms with Crippen molar-refractivity contribution in [2.24, 2.45) is 5.92 Å². The summed E-state index contributed by atoms with van der Waals surface area (Å²) >= 11 is 1.69. The van der Waals surface area contributed by atoms with Gasteiger partial charge in [-0.05, 0) is 37.9 Å². The third kappa shape index (κ3) is 3.87. The van der Waals surface area contributed by atoms with E-state index in [1.807, 2.05) is 0 Å². The van der Waals surface area contributed by atoms with Crippen LogP contribution in [0.25, 0.3) is 11.0 Å². The van der Waals surface area contributed by atoms with Crippen LogP contribution in [-0.4, -0.2) is 33.7 Å². The van der Waals surface area contributed by atoms with Crippen LogP contribution in [0, 0.1) is 16.0 Å². The van der Waals surface area contributed by atoms with E-state index in [1.165, 1.54) is 25.0 Å². The minimum Gasteiger partial charge on any atom is -0.333 e. The zero-order chi connectivity index (χ0) is 13.9. The van der Waals surface area contributed by atoms with Gasteiger partial charge < -0.3 is 10.3 Å². The Morgan fingerprint density at radius 2 is 2.33 bits per heavy atom. The summed E-state index contributed by atoms with van der Waals surface area (Å²) in [7, 11) is 0. The van der Waals surface area contributed by atoms with Crippen LogP contribution in [-0.2, 0) is 0 Å². The predicted molar refractivity (Wildman–Crippen MR) is 86.3 cm³/mol. The van der Waals surface area contributed by atoms with Crippen molar-refractivity contribution in [1.82, 2.24) is 15.3 Å². The lowest BCUT2D eigenvalue weighted by Crippen LogP contribution is -2.30. The molecule has 0 radical (unpaired) electrons. The number of nitro benzene ring substituents is 1. The van der Waals surface area contributed by atoms with Crippen molar-refractivity contribution in [3.63, 3.8) is 0 Å². The molecule has 2 aromatic rings. The van der Waals surface area contributed by atoms with E-state index in [-0.39, 0.29) is 23.0 Å². The van der Waals surface area contributed by atoms with Crippen LogP contribution in [0.5, 0.6) is 0 Å². The molecule has 1 aromatic heterocycles. The molecule has 6 nitrogen and oxygen atoms in total. The largest absolute Gasteiger partial charge is 0.333 e. The van der Waals surface area contributed by atoms with Crippen molar-refractivity contribution in [2.45, 2.75) is 18.0 Å². The second-order valence-electron chi connectivity index (χ2n) is 5.02. The van der Waals surface area contributed by atoms with Gasteiger partial charge in [0.25, 0.3) is 5.69 Å². The highest BCUT2D eigenvalue weighted by Crippen LogP contribution is 2.25. The standard InChI is InChI=1S/C13H16N4O2S.ClH/c18-17(19)10-3-4-11-12(6-10)16-13(15-11)20-8-9-2-1-5-14-7-9;/h3-4,6,9,14H,1-2,5,7-8H2,(H,15,16);1H. The number of H-pyrrole nitrogens is 1. The Hall–Kier alpha value is -1.31. The van der Waals surface area contributed by atoms with Crippen LogP contribution in [0.1, 0.15) is 12.8 Å². The fourth-order valence-electron chi connectivity index (χ4n) is 2.42. The molecule has 21 heavy (non-hydrogen) atoms. The topological polar surface area (TPSA) is 83.8 Å². The first-order valence-corrected chi connectivity index (χ1v) is 7.68. The van der Waals surface area contributed by atoms with E-state index in [2.05, 4.69) is 15.3 Å². The Bertz CT molecular complexity index is 628. The third-order valence-electron chi connectivity index (χ3n) is 3.51. The van der Waals surface area contributed by atoms with Gasteiger partial charge in [0.05, 0.1) is 16.0 Å². The zero-order valence-electron chi connectivity index (χ0n) is 11.4. The highest BCUT2D eigenvalue weighted by molar-refractivity contribution is 7.99. The van der Waals surface area contributed by atoms with E-state index in [4.69, 9.17) is 0 Å². The highest BCUT2D eigenvalue weighted by Gasteiger charge is 2.15. The molecular weight excluding hydrogens is 312 g/mol. The summed E-state index contributed by atoms with van der Waals surface area (Å²) in [6.45, 7) is 2.19. The molecule has 3 rings (SSSR count). The van der Waals surface area contributed by atoms with Crippen molar-refractivity contribution < 1.29 is 4.92 Å². The number of imidazole rings is 1. The molecule has 1 saturated heterocycles. The molecule has 1 aliphatic rings. The molecule has 2 N–H and O–H groups in total. The maximum Gasteiger partial charge on any atom is 0.271 e. The number of halogens is 1. The van der Waals surface area contributed by atoms with Crippen LogP contribution in [0.15, 0.2) is 23.4 Å². The Balaban J connectivity index is 0.00000161. The number of thioether (sulfide) groups is 1. The molecule has 1 fully saturated rings. The number of hydrogen-bond donors (Lipinski definition) is 2. The number of non-ortho nitro benzene ring substituents is 1. The van der Waals surface area contributed by atoms with Gasteiger partial charge >= 0.3 is 0 Å². The first kappa shape index (κ1) is 16.1. The van der Waals surface area contributed by atoms with Gasteiger partial charge in [-0.25, -0.2) is 4.98 Å². The smallest absolute Gasteiger partial charge is 0.271 e. The monoisotopic (exact) mass is 328 g/mol. The number of aromatic nitrogens is 2. The molecule has 1 aliphatic heterocycles. The maximum absolute atomic E-state index is 10.7. The second kappa shape index (κ2) is 7.11. The average molecular weight is 329 g/mol. The fraction of sp³-hybridized carbons (Fsp3) is 0.462. The van der Waals surface area contributed by atoms with Gasteiger partial charge in [-0.2, -0.15) is 0 Å². The molecule has 8 heteroatoms. The van der Waals surface area contributed by atoms with Gasteiger partial charge in [0.15, 0.2) is 5.16 Å². The summed E-state index contributed by atoms with van der Waals surface area (Å²) in [5, 5.41) is 15.0. The second-order valence-corrected chi connectivity index (χ2v) is 6.03. The third-order valence-corrected chi connectivity index (χ3v) is 4.61. The molecule has 0 aliphatic carbocycles. The number of nitro groups is 1. The Morgan fingerprint density at radius 3 is 3.05 bits per heavy atom. The minimum atomic E-state index is -0.388. The minimum absolute atomic E-state index is 0. The SMILES string of the molecule is Cl.O=[N+]([O-])c1ccc2nc(SCC3CCCNC3)[nH]c2c1. The van der Waals surface area contributed by atoms with Crippen LogP contribution in [0.2, 0.25) is 0 Å². The lowest BCUT2D eigenvalue weighted by Gasteiger charge is -2.21. The van der Waals surface area contributed by atoms with Crippen LogP contribution < -0.4 is 5.32 Å². The number of hydrogen-bond acceptors (Lipinski definition) is 5. The van der Waals surface area contributed by atoms with Crippen molar-refractivity contribution >= 4 is 40.9 Å². The molecule has 0 bridgehead atoms. The highest BCUT2D eigenvalue weighted by atomic mass is 35.5. The van der Waals surface area contributed by atoms with Gasteiger partial charge in [0.1, 0.15) is 0 Å². The van der Waals surface area contributed by atoms with Crippen LogP contribution in [0.3, 0.4) is 0 Å². The summed E-state index contributed by atoms with van der Waals surface area (Å²) in [4.78, 5) is 18.0. The van der Waals surface area contributed by atoms with Crippen molar-refractivity contribution in [3.8, 4) is 0 Å². The van der Waals surface area contributed by atoms with Crippen LogP contribution >= 0.6 is 24.2 Å². The van der Waals surface area contributed by atoms with Gasteiger partial charge in [0.2, 0.25) is 0 Å². The van der Waals surface area contributed by atoms with E-state index < -0.39 is 0 Å². The van der Waals surface area contributed by atoms with Gasteiger partial charge in [-0.15, -0.1) is 12.4 Å².